The first-order valence-electron chi connectivity index (χ1n) is 9.16. The van der Waals surface area contributed by atoms with Gasteiger partial charge in [-0.15, -0.1) is 0 Å². The van der Waals surface area contributed by atoms with Crippen molar-refractivity contribution in [3.8, 4) is 11.4 Å². The predicted molar refractivity (Wildman–Crippen MR) is 98.7 cm³/mol. The van der Waals surface area contributed by atoms with Crippen LogP contribution < -0.4 is 10.6 Å². The van der Waals surface area contributed by atoms with Crippen LogP contribution in [-0.2, 0) is 17.9 Å². The summed E-state index contributed by atoms with van der Waals surface area (Å²) in [5, 5.41) is 14.6. The van der Waals surface area contributed by atoms with Crippen molar-refractivity contribution in [3.05, 3.63) is 54.2 Å². The molecule has 4 rings (SSSR count). The van der Waals surface area contributed by atoms with Crippen molar-refractivity contribution in [3.63, 3.8) is 0 Å². The van der Waals surface area contributed by atoms with E-state index in [1.165, 1.54) is 0 Å². The van der Waals surface area contributed by atoms with Gasteiger partial charge in [-0.1, -0.05) is 11.2 Å². The summed E-state index contributed by atoms with van der Waals surface area (Å²) in [5.74, 6) is 0.880. The predicted octanol–water partition coefficient (Wildman–Crippen LogP) is 1.72. The highest BCUT2D eigenvalue weighted by Crippen LogP contribution is 2.22. The van der Waals surface area contributed by atoms with Gasteiger partial charge in [0, 0.05) is 36.6 Å². The van der Waals surface area contributed by atoms with Gasteiger partial charge < -0.3 is 15.2 Å². The second-order valence-corrected chi connectivity index (χ2v) is 6.63. The number of rotatable bonds is 6. The summed E-state index contributed by atoms with van der Waals surface area (Å²) >= 11 is 0. The van der Waals surface area contributed by atoms with Gasteiger partial charge in [0.1, 0.15) is 12.2 Å². The second-order valence-electron chi connectivity index (χ2n) is 6.63. The highest BCUT2D eigenvalue weighted by atomic mass is 16.5. The van der Waals surface area contributed by atoms with E-state index >= 15 is 0 Å². The Morgan fingerprint density at radius 1 is 1.30 bits per heavy atom. The van der Waals surface area contributed by atoms with Crippen LogP contribution in [0.15, 0.2) is 47.2 Å². The van der Waals surface area contributed by atoms with Crippen LogP contribution in [0, 0.1) is 0 Å². The summed E-state index contributed by atoms with van der Waals surface area (Å²) in [4.78, 5) is 16.6. The Balaban J connectivity index is 1.33. The molecule has 3 aromatic heterocycles. The molecule has 8 nitrogen and oxygen atoms in total. The van der Waals surface area contributed by atoms with Crippen LogP contribution >= 0.6 is 0 Å². The van der Waals surface area contributed by atoms with Crippen LogP contribution in [0.1, 0.15) is 30.2 Å². The van der Waals surface area contributed by atoms with Gasteiger partial charge in [0.2, 0.25) is 5.91 Å². The molecule has 140 valence electrons. The summed E-state index contributed by atoms with van der Waals surface area (Å²) in [6.07, 6.45) is 5.72. The fourth-order valence-electron chi connectivity index (χ4n) is 3.34. The molecule has 1 aliphatic heterocycles. The summed E-state index contributed by atoms with van der Waals surface area (Å²) in [7, 11) is 0. The topological polar surface area (TPSA) is 97.9 Å². The Morgan fingerprint density at radius 2 is 2.26 bits per heavy atom. The summed E-state index contributed by atoms with van der Waals surface area (Å²) in [6.45, 7) is 2.46. The lowest BCUT2D eigenvalue weighted by Gasteiger charge is -2.23. The molecular weight excluding hydrogens is 344 g/mol. The third kappa shape index (κ3) is 4.22. The molecule has 0 radical (unpaired) electrons. The number of hydrogen-bond donors (Lipinski definition) is 2. The van der Waals surface area contributed by atoms with E-state index in [0.29, 0.717) is 17.4 Å². The smallest absolute Gasteiger partial charge is 0.242 e. The van der Waals surface area contributed by atoms with E-state index in [1.54, 1.807) is 23.1 Å². The van der Waals surface area contributed by atoms with Crippen molar-refractivity contribution in [2.75, 3.05) is 13.1 Å². The fraction of sp³-hybridized carbons (Fsp3) is 0.368. The lowest BCUT2D eigenvalue weighted by Crippen LogP contribution is -2.32. The lowest BCUT2D eigenvalue weighted by molar-refractivity contribution is -0.122. The van der Waals surface area contributed by atoms with Crippen molar-refractivity contribution in [2.24, 2.45) is 0 Å². The van der Waals surface area contributed by atoms with Crippen molar-refractivity contribution in [2.45, 2.75) is 31.8 Å². The number of piperidine rings is 1. The molecular formula is C19H22N6O2. The van der Waals surface area contributed by atoms with Crippen molar-refractivity contribution in [1.29, 1.82) is 0 Å². The first-order valence-corrected chi connectivity index (χ1v) is 9.16. The first-order chi connectivity index (χ1) is 13.3. The molecule has 0 unspecified atom stereocenters. The number of nitrogens with zero attached hydrogens (tertiary/aromatic N) is 4. The number of hydrogen-bond acceptors (Lipinski definition) is 6. The van der Waals surface area contributed by atoms with Gasteiger partial charge in [-0.2, -0.15) is 5.10 Å². The van der Waals surface area contributed by atoms with Gasteiger partial charge in [0.15, 0.2) is 5.76 Å². The van der Waals surface area contributed by atoms with Crippen molar-refractivity contribution in [1.82, 2.24) is 30.6 Å². The quantitative estimate of drug-likeness (QED) is 0.689. The number of amides is 1. The fourth-order valence-corrected chi connectivity index (χ4v) is 3.34. The number of pyridine rings is 1. The number of aromatic nitrogens is 4. The average Bonchev–Trinajstić information content (AvgIpc) is 3.37. The third-order valence-electron chi connectivity index (χ3n) is 4.70. The molecule has 4 heterocycles. The van der Waals surface area contributed by atoms with Crippen molar-refractivity contribution >= 4 is 5.91 Å². The Morgan fingerprint density at radius 3 is 3.07 bits per heavy atom. The molecule has 3 aromatic rings. The standard InChI is InChI=1S/C19H22N6O2/c26-19(13-25-18(6-9-23-25)14-4-3-7-20-11-14)22-12-15-10-17(24-27-15)16-5-1-2-8-21-16/h1-2,5-6,8-10,14,20H,3-4,7,11-13H2,(H,22,26)/t14-/m0/s1. The molecule has 27 heavy (non-hydrogen) atoms. The van der Waals surface area contributed by atoms with Gasteiger partial charge in [-0.05, 0) is 37.6 Å². The van der Waals surface area contributed by atoms with Gasteiger partial charge in [0.25, 0.3) is 0 Å². The molecule has 1 amide bonds. The Hall–Kier alpha value is -3.00. The minimum absolute atomic E-state index is 0.112. The minimum atomic E-state index is -0.112. The summed E-state index contributed by atoms with van der Waals surface area (Å²) in [5.41, 5.74) is 2.49. The number of carbonyl (C=O) groups is 1. The van der Waals surface area contributed by atoms with Crippen LogP contribution in [0.25, 0.3) is 11.4 Å². The van der Waals surface area contributed by atoms with Gasteiger partial charge in [0.05, 0.1) is 12.2 Å². The third-order valence-corrected chi connectivity index (χ3v) is 4.70. The molecule has 0 saturated carbocycles. The molecule has 8 heteroatoms. The van der Waals surface area contributed by atoms with Crippen LogP contribution in [0.4, 0.5) is 0 Å². The Kier molecular flexibility index (Phi) is 5.24. The average molecular weight is 366 g/mol. The molecule has 1 aliphatic rings. The minimum Gasteiger partial charge on any atom is -0.359 e. The van der Waals surface area contributed by atoms with E-state index in [-0.39, 0.29) is 19.0 Å². The summed E-state index contributed by atoms with van der Waals surface area (Å²) < 4.78 is 7.07. The first kappa shape index (κ1) is 17.4. The molecule has 1 fully saturated rings. The second kappa shape index (κ2) is 8.13. The zero-order chi connectivity index (χ0) is 18.5. The van der Waals surface area contributed by atoms with Crippen molar-refractivity contribution < 1.29 is 9.32 Å². The van der Waals surface area contributed by atoms with Gasteiger partial charge >= 0.3 is 0 Å². The number of carbonyl (C=O) groups excluding carboxylic acids is 1. The molecule has 0 bridgehead atoms. The Bertz CT molecular complexity index is 883. The maximum absolute atomic E-state index is 12.3. The molecule has 2 N–H and O–H groups in total. The highest BCUT2D eigenvalue weighted by Gasteiger charge is 2.20. The van der Waals surface area contributed by atoms with Crippen LogP contribution in [0.3, 0.4) is 0 Å². The zero-order valence-corrected chi connectivity index (χ0v) is 15.0. The maximum atomic E-state index is 12.3. The molecule has 0 spiro atoms. The van der Waals surface area contributed by atoms with E-state index in [2.05, 4.69) is 25.9 Å². The Labute approximate surface area is 157 Å². The van der Waals surface area contributed by atoms with Crippen LogP contribution in [-0.4, -0.2) is 38.9 Å². The van der Waals surface area contributed by atoms with E-state index in [1.807, 2.05) is 24.3 Å². The maximum Gasteiger partial charge on any atom is 0.242 e. The largest absolute Gasteiger partial charge is 0.359 e. The van der Waals surface area contributed by atoms with Gasteiger partial charge in [-0.3, -0.25) is 14.5 Å². The summed E-state index contributed by atoms with van der Waals surface area (Å²) in [6, 6.07) is 9.38. The monoisotopic (exact) mass is 366 g/mol. The van der Waals surface area contributed by atoms with E-state index in [9.17, 15) is 4.79 Å². The normalized spacial score (nSPS) is 17.0. The van der Waals surface area contributed by atoms with Gasteiger partial charge in [-0.25, -0.2) is 0 Å². The lowest BCUT2D eigenvalue weighted by atomic mass is 9.96. The molecule has 1 saturated heterocycles. The van der Waals surface area contributed by atoms with E-state index in [0.717, 1.165) is 37.3 Å². The zero-order valence-electron chi connectivity index (χ0n) is 15.0. The highest BCUT2D eigenvalue weighted by molar-refractivity contribution is 5.75. The van der Waals surface area contributed by atoms with Crippen LogP contribution in [0.5, 0.6) is 0 Å². The molecule has 0 aliphatic carbocycles. The van der Waals surface area contributed by atoms with Crippen LogP contribution in [0.2, 0.25) is 0 Å². The van der Waals surface area contributed by atoms with E-state index in [4.69, 9.17) is 4.52 Å². The van der Waals surface area contributed by atoms with E-state index < -0.39 is 0 Å². The SMILES string of the molecule is O=C(Cn1nccc1[C@H]1CCCNC1)NCc1cc(-c2ccccn2)no1. The number of nitrogens with one attached hydrogen (secondary N) is 2. The molecule has 0 aromatic carbocycles. The molecule has 1 atom stereocenters.